The molecule has 0 bridgehead atoms. The molecule has 0 unspecified atom stereocenters. The summed E-state index contributed by atoms with van der Waals surface area (Å²) in [7, 11) is 0. The number of hydrogen-bond acceptors (Lipinski definition) is 2. The van der Waals surface area contributed by atoms with Crippen LogP contribution in [0.2, 0.25) is 0 Å². The molecule has 4 heteroatoms. The van der Waals surface area contributed by atoms with E-state index in [1.165, 1.54) is 5.56 Å². The van der Waals surface area contributed by atoms with E-state index in [9.17, 15) is 4.79 Å². The molecule has 0 saturated carbocycles. The molecule has 20 heavy (non-hydrogen) atoms. The van der Waals surface area contributed by atoms with Crippen LogP contribution in [0, 0.1) is 0 Å². The molecule has 0 atom stereocenters. The molecule has 0 aromatic heterocycles. The van der Waals surface area contributed by atoms with Gasteiger partial charge in [-0.25, -0.2) is 4.79 Å². The Morgan fingerprint density at radius 1 is 1.05 bits per heavy atom. The molecule has 1 aliphatic rings. The summed E-state index contributed by atoms with van der Waals surface area (Å²) >= 11 is 0. The van der Waals surface area contributed by atoms with Crippen molar-refractivity contribution in [2.75, 3.05) is 23.3 Å². The lowest BCUT2D eigenvalue weighted by Gasteiger charge is -2.15. The van der Waals surface area contributed by atoms with Crippen LogP contribution in [0.25, 0.3) is 0 Å². The van der Waals surface area contributed by atoms with Crippen LogP contribution in [-0.2, 0) is 6.54 Å². The fraction of sp³-hybridized carbons (Fsp3) is 0.188. The maximum Gasteiger partial charge on any atom is 0.321 e. The Hall–Kier alpha value is -2.49. The molecule has 1 aliphatic heterocycles. The van der Waals surface area contributed by atoms with Crippen LogP contribution in [0.15, 0.2) is 54.6 Å². The van der Waals surface area contributed by atoms with E-state index in [-0.39, 0.29) is 6.03 Å². The fourth-order valence-corrected chi connectivity index (χ4v) is 2.28. The van der Waals surface area contributed by atoms with Crippen molar-refractivity contribution in [3.63, 3.8) is 0 Å². The zero-order valence-corrected chi connectivity index (χ0v) is 11.2. The van der Waals surface area contributed by atoms with Gasteiger partial charge in [-0.1, -0.05) is 30.3 Å². The molecular weight excluding hydrogens is 250 g/mol. The molecule has 2 N–H and O–H groups in total. The van der Waals surface area contributed by atoms with Crippen molar-refractivity contribution >= 4 is 17.4 Å². The summed E-state index contributed by atoms with van der Waals surface area (Å²) in [6.07, 6.45) is 0. The van der Waals surface area contributed by atoms with Crippen molar-refractivity contribution < 1.29 is 4.79 Å². The number of nitrogens with one attached hydrogen (secondary N) is 2. The van der Waals surface area contributed by atoms with Gasteiger partial charge in [0, 0.05) is 31.0 Å². The lowest BCUT2D eigenvalue weighted by molar-refractivity contribution is 0.252. The lowest BCUT2D eigenvalue weighted by atomic mass is 10.2. The van der Waals surface area contributed by atoms with Crippen molar-refractivity contribution in [1.82, 2.24) is 5.32 Å². The van der Waals surface area contributed by atoms with E-state index >= 15 is 0 Å². The topological polar surface area (TPSA) is 44.4 Å². The highest BCUT2D eigenvalue weighted by Crippen LogP contribution is 2.19. The molecular formula is C16H17N3O. The third-order valence-electron chi connectivity index (χ3n) is 3.38. The Bertz CT molecular complexity index is 580. The molecule has 2 aromatic rings. The average Bonchev–Trinajstić information content (AvgIpc) is 2.93. The quantitative estimate of drug-likeness (QED) is 0.894. The van der Waals surface area contributed by atoms with E-state index in [4.69, 9.17) is 0 Å². The highest BCUT2D eigenvalue weighted by molar-refractivity contribution is 5.94. The number of nitrogens with zero attached hydrogens (tertiary/aromatic N) is 1. The summed E-state index contributed by atoms with van der Waals surface area (Å²) in [6, 6.07) is 18.2. The summed E-state index contributed by atoms with van der Waals surface area (Å²) in [4.78, 5) is 13.3. The molecule has 1 heterocycles. The monoisotopic (exact) mass is 267 g/mol. The second kappa shape index (κ2) is 5.65. The van der Waals surface area contributed by atoms with Gasteiger partial charge in [0.05, 0.1) is 0 Å². The van der Waals surface area contributed by atoms with Gasteiger partial charge in [0.2, 0.25) is 0 Å². The Balaban J connectivity index is 1.63. The minimum absolute atomic E-state index is 0.0185. The smallest absolute Gasteiger partial charge is 0.321 e. The zero-order valence-electron chi connectivity index (χ0n) is 11.2. The molecule has 4 nitrogen and oxygen atoms in total. The van der Waals surface area contributed by atoms with E-state index < -0.39 is 0 Å². The number of rotatable bonds is 4. The van der Waals surface area contributed by atoms with E-state index in [1.54, 1.807) is 4.90 Å². The van der Waals surface area contributed by atoms with E-state index in [0.717, 1.165) is 24.5 Å². The Labute approximate surface area is 118 Å². The van der Waals surface area contributed by atoms with Gasteiger partial charge < -0.3 is 10.6 Å². The van der Waals surface area contributed by atoms with Crippen LogP contribution in [0.5, 0.6) is 0 Å². The van der Waals surface area contributed by atoms with Crippen LogP contribution in [-0.4, -0.2) is 19.1 Å². The van der Waals surface area contributed by atoms with Gasteiger partial charge in [-0.2, -0.15) is 0 Å². The molecule has 1 fully saturated rings. The van der Waals surface area contributed by atoms with Crippen molar-refractivity contribution in [2.45, 2.75) is 6.54 Å². The largest absolute Gasteiger partial charge is 0.381 e. The summed E-state index contributed by atoms with van der Waals surface area (Å²) in [5.41, 5.74) is 3.23. The first-order chi connectivity index (χ1) is 9.83. The van der Waals surface area contributed by atoms with Crippen LogP contribution >= 0.6 is 0 Å². The highest BCUT2D eigenvalue weighted by Gasteiger charge is 2.20. The molecule has 0 radical (unpaired) electrons. The van der Waals surface area contributed by atoms with Gasteiger partial charge in [-0.05, 0) is 29.8 Å². The maximum atomic E-state index is 11.6. The fourth-order valence-electron chi connectivity index (χ4n) is 2.28. The van der Waals surface area contributed by atoms with Crippen LogP contribution in [0.1, 0.15) is 5.56 Å². The minimum atomic E-state index is -0.0185. The maximum absolute atomic E-state index is 11.6. The lowest BCUT2D eigenvalue weighted by Crippen LogP contribution is -2.27. The van der Waals surface area contributed by atoms with Gasteiger partial charge in [-0.3, -0.25) is 4.90 Å². The number of hydrogen-bond donors (Lipinski definition) is 2. The Kier molecular flexibility index (Phi) is 3.54. The summed E-state index contributed by atoms with van der Waals surface area (Å²) in [6.45, 7) is 2.24. The van der Waals surface area contributed by atoms with Crippen molar-refractivity contribution in [1.29, 1.82) is 0 Å². The van der Waals surface area contributed by atoms with Crippen LogP contribution in [0.3, 0.4) is 0 Å². The predicted molar refractivity (Wildman–Crippen MR) is 81.0 cm³/mol. The molecule has 0 aliphatic carbocycles. The second-order valence-electron chi connectivity index (χ2n) is 4.77. The average molecular weight is 267 g/mol. The molecule has 0 spiro atoms. The summed E-state index contributed by atoms with van der Waals surface area (Å²) in [5.74, 6) is 0. The first kappa shape index (κ1) is 12.5. The van der Waals surface area contributed by atoms with E-state index in [2.05, 4.69) is 22.8 Å². The normalized spacial score (nSPS) is 14.2. The number of anilines is 2. The van der Waals surface area contributed by atoms with Gasteiger partial charge in [0.1, 0.15) is 0 Å². The summed E-state index contributed by atoms with van der Waals surface area (Å²) in [5, 5.41) is 6.17. The van der Waals surface area contributed by atoms with Gasteiger partial charge in [0.15, 0.2) is 0 Å². The first-order valence-corrected chi connectivity index (χ1v) is 6.76. The van der Waals surface area contributed by atoms with E-state index in [0.29, 0.717) is 6.54 Å². The van der Waals surface area contributed by atoms with Crippen molar-refractivity contribution in [2.24, 2.45) is 0 Å². The van der Waals surface area contributed by atoms with Crippen LogP contribution in [0.4, 0.5) is 16.2 Å². The molecule has 2 aromatic carbocycles. The third kappa shape index (κ3) is 2.74. The molecule has 3 rings (SSSR count). The van der Waals surface area contributed by atoms with Crippen molar-refractivity contribution in [3.8, 4) is 0 Å². The predicted octanol–water partition coefficient (Wildman–Crippen LogP) is 2.83. The number of benzene rings is 2. The standard InChI is InChI=1S/C16H17N3O/c20-16-17-10-11-19(16)15-8-6-14(7-9-15)18-12-13-4-2-1-3-5-13/h1-9,18H,10-12H2,(H,17,20). The Morgan fingerprint density at radius 2 is 1.80 bits per heavy atom. The SMILES string of the molecule is O=C1NCCN1c1ccc(NCc2ccccc2)cc1. The highest BCUT2D eigenvalue weighted by atomic mass is 16.2. The number of urea groups is 1. The third-order valence-corrected chi connectivity index (χ3v) is 3.38. The second-order valence-corrected chi connectivity index (χ2v) is 4.77. The van der Waals surface area contributed by atoms with E-state index in [1.807, 2.05) is 42.5 Å². The van der Waals surface area contributed by atoms with Gasteiger partial charge in [-0.15, -0.1) is 0 Å². The number of carbonyl (C=O) groups is 1. The number of amides is 2. The molecule has 1 saturated heterocycles. The van der Waals surface area contributed by atoms with Crippen molar-refractivity contribution in [3.05, 3.63) is 60.2 Å². The summed E-state index contributed by atoms with van der Waals surface area (Å²) < 4.78 is 0. The molecule has 2 amide bonds. The minimum Gasteiger partial charge on any atom is -0.381 e. The zero-order chi connectivity index (χ0) is 13.8. The number of carbonyl (C=O) groups excluding carboxylic acids is 1. The molecule has 102 valence electrons. The Morgan fingerprint density at radius 3 is 2.45 bits per heavy atom. The van der Waals surface area contributed by atoms with Gasteiger partial charge >= 0.3 is 6.03 Å². The van der Waals surface area contributed by atoms with Crippen LogP contribution < -0.4 is 15.5 Å². The first-order valence-electron chi connectivity index (χ1n) is 6.76. The van der Waals surface area contributed by atoms with Gasteiger partial charge in [0.25, 0.3) is 0 Å².